The molecule has 1 rings (SSSR count). The highest BCUT2D eigenvalue weighted by molar-refractivity contribution is 6.33. The van der Waals surface area contributed by atoms with Crippen LogP contribution >= 0.6 is 11.6 Å². The van der Waals surface area contributed by atoms with Crippen molar-refractivity contribution in [2.45, 2.75) is 32.0 Å². The molecule has 1 atom stereocenters. The van der Waals surface area contributed by atoms with E-state index < -0.39 is 11.7 Å². The van der Waals surface area contributed by atoms with E-state index in [4.69, 9.17) is 16.3 Å². The Balaban J connectivity index is 2.84. The van der Waals surface area contributed by atoms with E-state index in [1.165, 1.54) is 0 Å². The Morgan fingerprint density at radius 3 is 2.63 bits per heavy atom. The van der Waals surface area contributed by atoms with E-state index in [1.807, 2.05) is 6.92 Å². The van der Waals surface area contributed by atoms with Crippen LogP contribution in [0.1, 0.15) is 25.3 Å². The van der Waals surface area contributed by atoms with Gasteiger partial charge < -0.3 is 10.1 Å². The summed E-state index contributed by atoms with van der Waals surface area (Å²) in [5.41, 5.74) is -0.859. The molecule has 0 aliphatic carbocycles. The summed E-state index contributed by atoms with van der Waals surface area (Å²) in [5, 5.41) is 2.94. The highest BCUT2D eigenvalue weighted by Crippen LogP contribution is 2.32. The Morgan fingerprint density at radius 2 is 2.16 bits per heavy atom. The predicted octanol–water partition coefficient (Wildman–Crippen LogP) is 3.98. The minimum Gasteiger partial charge on any atom is -0.383 e. The molecule has 0 saturated carbocycles. The Morgan fingerprint density at radius 1 is 1.47 bits per heavy atom. The maximum absolute atomic E-state index is 12.5. The number of nitrogens with one attached hydrogen (secondary N) is 1. The first-order valence-electron chi connectivity index (χ1n) is 5.86. The number of anilines is 1. The number of halogens is 4. The summed E-state index contributed by atoms with van der Waals surface area (Å²) in [6, 6.07) is 0.837. The van der Waals surface area contributed by atoms with E-state index in [0.717, 1.165) is 25.1 Å². The molecule has 108 valence electrons. The van der Waals surface area contributed by atoms with E-state index in [9.17, 15) is 13.2 Å². The largest absolute Gasteiger partial charge is 0.417 e. The third kappa shape index (κ3) is 4.87. The van der Waals surface area contributed by atoms with Gasteiger partial charge in [-0.3, -0.25) is 0 Å². The van der Waals surface area contributed by atoms with Gasteiger partial charge in [0.15, 0.2) is 0 Å². The second-order valence-corrected chi connectivity index (χ2v) is 4.54. The number of aromatic nitrogens is 1. The molecule has 19 heavy (non-hydrogen) atoms. The first kappa shape index (κ1) is 16.0. The van der Waals surface area contributed by atoms with E-state index >= 15 is 0 Å². The van der Waals surface area contributed by atoms with E-state index in [2.05, 4.69) is 10.3 Å². The number of ether oxygens (including phenoxy) is 1. The standard InChI is InChI=1S/C12H16ClF3N2O/c1-3-4-9(7-19-2)18-11-10(13)5-8(6-17-11)12(14,15)16/h5-6,9H,3-4,7H2,1-2H3,(H,17,18). The molecule has 0 saturated heterocycles. The summed E-state index contributed by atoms with van der Waals surface area (Å²) in [5.74, 6) is 0.241. The van der Waals surface area contributed by atoms with Crippen molar-refractivity contribution in [3.63, 3.8) is 0 Å². The van der Waals surface area contributed by atoms with Crippen LogP contribution in [0.25, 0.3) is 0 Å². The molecule has 1 aromatic heterocycles. The number of nitrogens with zero attached hydrogens (tertiary/aromatic N) is 1. The minimum absolute atomic E-state index is 0.0308. The molecule has 1 unspecified atom stereocenters. The fourth-order valence-electron chi connectivity index (χ4n) is 1.64. The van der Waals surface area contributed by atoms with Gasteiger partial charge in [-0.1, -0.05) is 24.9 Å². The second kappa shape index (κ2) is 6.96. The summed E-state index contributed by atoms with van der Waals surface area (Å²) < 4.78 is 42.4. The molecule has 0 amide bonds. The zero-order valence-electron chi connectivity index (χ0n) is 10.7. The van der Waals surface area contributed by atoms with E-state index in [-0.39, 0.29) is 16.9 Å². The average Bonchev–Trinajstić information content (AvgIpc) is 2.31. The molecule has 1 aromatic rings. The van der Waals surface area contributed by atoms with Crippen LogP contribution in [0.3, 0.4) is 0 Å². The van der Waals surface area contributed by atoms with Gasteiger partial charge in [0.05, 0.1) is 23.2 Å². The van der Waals surface area contributed by atoms with Gasteiger partial charge in [0, 0.05) is 13.3 Å². The summed E-state index contributed by atoms with van der Waals surface area (Å²) in [6.45, 7) is 2.44. The zero-order chi connectivity index (χ0) is 14.5. The average molecular weight is 297 g/mol. The van der Waals surface area contributed by atoms with E-state index in [0.29, 0.717) is 6.61 Å². The minimum atomic E-state index is -4.44. The fraction of sp³-hybridized carbons (Fsp3) is 0.583. The predicted molar refractivity (Wildman–Crippen MR) is 68.4 cm³/mol. The summed E-state index contributed by atoms with van der Waals surface area (Å²) in [4.78, 5) is 3.73. The topological polar surface area (TPSA) is 34.1 Å². The number of hydrogen-bond donors (Lipinski definition) is 1. The van der Waals surface area contributed by atoms with Crippen molar-refractivity contribution in [1.29, 1.82) is 0 Å². The molecule has 7 heteroatoms. The van der Waals surface area contributed by atoms with E-state index in [1.54, 1.807) is 7.11 Å². The van der Waals surface area contributed by atoms with Crippen LogP contribution in [-0.2, 0) is 10.9 Å². The molecule has 0 radical (unpaired) electrons. The number of rotatable bonds is 6. The maximum atomic E-state index is 12.5. The molecule has 0 aliphatic heterocycles. The molecule has 0 bridgehead atoms. The monoisotopic (exact) mass is 296 g/mol. The second-order valence-electron chi connectivity index (χ2n) is 4.14. The van der Waals surface area contributed by atoms with Crippen LogP contribution in [0.4, 0.5) is 19.0 Å². The van der Waals surface area contributed by atoms with Crippen LogP contribution in [0, 0.1) is 0 Å². The number of methoxy groups -OCH3 is 1. The molecule has 0 fully saturated rings. The lowest BCUT2D eigenvalue weighted by Gasteiger charge is -2.19. The first-order valence-corrected chi connectivity index (χ1v) is 6.24. The normalized spacial score (nSPS) is 13.4. The summed E-state index contributed by atoms with van der Waals surface area (Å²) in [6.07, 6.45) is -1.94. The van der Waals surface area contributed by atoms with Gasteiger partial charge in [-0.25, -0.2) is 4.98 Å². The molecule has 1 heterocycles. The van der Waals surface area contributed by atoms with Crippen molar-refractivity contribution in [3.8, 4) is 0 Å². The molecule has 0 aromatic carbocycles. The molecule has 1 N–H and O–H groups in total. The lowest BCUT2D eigenvalue weighted by atomic mass is 10.2. The summed E-state index contributed by atoms with van der Waals surface area (Å²) >= 11 is 5.81. The van der Waals surface area contributed by atoms with Crippen LogP contribution < -0.4 is 5.32 Å². The number of alkyl halides is 3. The van der Waals surface area contributed by atoms with Gasteiger partial charge in [0.25, 0.3) is 0 Å². The van der Waals surface area contributed by atoms with Crippen LogP contribution in [-0.4, -0.2) is 24.7 Å². The van der Waals surface area contributed by atoms with Gasteiger partial charge in [-0.2, -0.15) is 13.2 Å². The number of pyridine rings is 1. The van der Waals surface area contributed by atoms with Crippen molar-refractivity contribution < 1.29 is 17.9 Å². The van der Waals surface area contributed by atoms with Gasteiger partial charge in [-0.15, -0.1) is 0 Å². The fourth-order valence-corrected chi connectivity index (χ4v) is 1.86. The summed E-state index contributed by atoms with van der Waals surface area (Å²) in [7, 11) is 1.56. The smallest absolute Gasteiger partial charge is 0.383 e. The van der Waals surface area contributed by atoms with Gasteiger partial charge >= 0.3 is 6.18 Å². The quantitative estimate of drug-likeness (QED) is 0.862. The molecular weight excluding hydrogens is 281 g/mol. The molecular formula is C12H16ClF3N2O. The van der Waals surface area contributed by atoms with Gasteiger partial charge in [0.1, 0.15) is 5.82 Å². The Hall–Kier alpha value is -1.01. The Bertz CT molecular complexity index is 406. The van der Waals surface area contributed by atoms with Crippen molar-refractivity contribution in [1.82, 2.24) is 4.98 Å². The SMILES string of the molecule is CCCC(COC)Nc1ncc(C(F)(F)F)cc1Cl. The molecule has 3 nitrogen and oxygen atoms in total. The Kier molecular flexibility index (Phi) is 5.87. The molecule has 0 aliphatic rings. The van der Waals surface area contributed by atoms with Crippen molar-refractivity contribution >= 4 is 17.4 Å². The lowest BCUT2D eigenvalue weighted by molar-refractivity contribution is -0.137. The van der Waals surface area contributed by atoms with Crippen LogP contribution in [0.15, 0.2) is 12.3 Å². The number of hydrogen-bond acceptors (Lipinski definition) is 3. The first-order chi connectivity index (χ1) is 8.88. The zero-order valence-corrected chi connectivity index (χ0v) is 11.5. The van der Waals surface area contributed by atoms with Gasteiger partial charge in [0.2, 0.25) is 0 Å². The van der Waals surface area contributed by atoms with Crippen molar-refractivity contribution in [2.75, 3.05) is 19.0 Å². The third-order valence-electron chi connectivity index (χ3n) is 2.51. The highest BCUT2D eigenvalue weighted by Gasteiger charge is 2.31. The van der Waals surface area contributed by atoms with Crippen LogP contribution in [0.5, 0.6) is 0 Å². The third-order valence-corrected chi connectivity index (χ3v) is 2.80. The highest BCUT2D eigenvalue weighted by atomic mass is 35.5. The lowest BCUT2D eigenvalue weighted by Crippen LogP contribution is -2.25. The van der Waals surface area contributed by atoms with Crippen molar-refractivity contribution in [3.05, 3.63) is 22.8 Å². The van der Waals surface area contributed by atoms with Crippen LogP contribution in [0.2, 0.25) is 5.02 Å². The molecule has 0 spiro atoms. The van der Waals surface area contributed by atoms with Crippen molar-refractivity contribution in [2.24, 2.45) is 0 Å². The maximum Gasteiger partial charge on any atom is 0.417 e. The van der Waals surface area contributed by atoms with Gasteiger partial charge in [-0.05, 0) is 12.5 Å². The Labute approximate surface area is 115 Å².